The molecule has 4 rings (SSSR count). The van der Waals surface area contributed by atoms with Gasteiger partial charge in [0.2, 0.25) is 0 Å². The zero-order valence-corrected chi connectivity index (χ0v) is 16.4. The van der Waals surface area contributed by atoms with Gasteiger partial charge in [-0.25, -0.2) is 9.18 Å². The second-order valence-electron chi connectivity index (χ2n) is 6.68. The lowest BCUT2D eigenvalue weighted by atomic mass is 9.87. The minimum atomic E-state index is -1.21. The Morgan fingerprint density at radius 1 is 1.03 bits per heavy atom. The van der Waals surface area contributed by atoms with Gasteiger partial charge in [-0.2, -0.15) is 0 Å². The van der Waals surface area contributed by atoms with Gasteiger partial charge in [0.1, 0.15) is 5.82 Å². The molecule has 0 saturated carbocycles. The highest BCUT2D eigenvalue weighted by molar-refractivity contribution is 6.41. The summed E-state index contributed by atoms with van der Waals surface area (Å²) in [5.74, 6) is -2.55. The monoisotopic (exact) mass is 429 g/mol. The number of nitrogens with zero attached hydrogens (tertiary/aromatic N) is 1. The number of ketones is 1. The quantitative estimate of drug-likeness (QED) is 0.649. The van der Waals surface area contributed by atoms with Gasteiger partial charge in [-0.3, -0.25) is 4.79 Å². The van der Waals surface area contributed by atoms with Crippen LogP contribution >= 0.6 is 23.2 Å². The van der Waals surface area contributed by atoms with Gasteiger partial charge in [-0.15, -0.1) is 0 Å². The Labute approximate surface area is 176 Å². The van der Waals surface area contributed by atoms with Crippen molar-refractivity contribution in [1.29, 1.82) is 0 Å². The molecule has 1 N–H and O–H groups in total. The molecule has 2 aromatic rings. The Balaban J connectivity index is 1.79. The summed E-state index contributed by atoms with van der Waals surface area (Å²) in [4.78, 5) is 26.0. The average molecular weight is 430 g/mol. The maximum atomic E-state index is 14.7. The smallest absolute Gasteiger partial charge is 0.335 e. The lowest BCUT2D eigenvalue weighted by Gasteiger charge is -2.28. The molecule has 1 aliphatic carbocycles. The Morgan fingerprint density at radius 2 is 1.72 bits per heavy atom. The van der Waals surface area contributed by atoms with E-state index in [-0.39, 0.29) is 44.6 Å². The third-order valence-corrected chi connectivity index (χ3v) is 5.62. The number of aromatic carboxylic acids is 1. The lowest BCUT2D eigenvalue weighted by molar-refractivity contribution is 0.0696. The molecule has 0 radical (unpaired) electrons. The molecule has 2 unspecified atom stereocenters. The van der Waals surface area contributed by atoms with E-state index in [1.807, 2.05) is 24.3 Å². The average Bonchev–Trinajstić information content (AvgIpc) is 3.07. The highest BCUT2D eigenvalue weighted by Gasteiger charge is 2.39. The summed E-state index contributed by atoms with van der Waals surface area (Å²) < 4.78 is 14.7. The van der Waals surface area contributed by atoms with Crippen molar-refractivity contribution in [1.82, 2.24) is 0 Å². The molecule has 0 saturated heterocycles. The minimum absolute atomic E-state index is 0.149. The predicted molar refractivity (Wildman–Crippen MR) is 110 cm³/mol. The minimum Gasteiger partial charge on any atom is -0.478 e. The van der Waals surface area contributed by atoms with Crippen LogP contribution in [0.15, 0.2) is 72.5 Å². The Hall–Kier alpha value is -2.89. The van der Waals surface area contributed by atoms with Crippen molar-refractivity contribution in [3.63, 3.8) is 0 Å². The summed E-state index contributed by atoms with van der Waals surface area (Å²) in [6.07, 6.45) is 8.95. The molecule has 1 aliphatic heterocycles. The summed E-state index contributed by atoms with van der Waals surface area (Å²) in [7, 11) is 0. The number of Topliss-reactive ketones (excluding diaryl/α,β-unsaturated/α-hetero) is 1. The molecule has 29 heavy (non-hydrogen) atoms. The summed E-state index contributed by atoms with van der Waals surface area (Å²) in [6.45, 7) is 0. The van der Waals surface area contributed by atoms with Crippen LogP contribution in [0.3, 0.4) is 0 Å². The van der Waals surface area contributed by atoms with Gasteiger partial charge in [0.15, 0.2) is 5.78 Å². The second kappa shape index (κ2) is 7.50. The Bertz CT molecular complexity index is 1100. The number of benzene rings is 2. The zero-order valence-electron chi connectivity index (χ0n) is 14.9. The van der Waals surface area contributed by atoms with Crippen molar-refractivity contribution in [2.45, 2.75) is 6.04 Å². The van der Waals surface area contributed by atoms with Crippen LogP contribution < -0.4 is 4.90 Å². The molecule has 0 aromatic heterocycles. The van der Waals surface area contributed by atoms with E-state index in [9.17, 15) is 14.0 Å². The fourth-order valence-corrected chi connectivity index (χ4v) is 4.19. The maximum Gasteiger partial charge on any atom is 0.335 e. The molecule has 0 spiro atoms. The van der Waals surface area contributed by atoms with Crippen LogP contribution in [0.1, 0.15) is 20.7 Å². The number of anilines is 1. The van der Waals surface area contributed by atoms with Crippen LogP contribution in [-0.4, -0.2) is 22.9 Å². The molecule has 0 amide bonds. The van der Waals surface area contributed by atoms with Crippen LogP contribution in [0, 0.1) is 11.7 Å². The van der Waals surface area contributed by atoms with E-state index in [0.29, 0.717) is 5.57 Å². The molecule has 2 aromatic carbocycles. The molecule has 7 heteroatoms. The topological polar surface area (TPSA) is 57.6 Å². The number of rotatable bonds is 4. The van der Waals surface area contributed by atoms with Gasteiger partial charge in [0.25, 0.3) is 0 Å². The predicted octanol–water partition coefficient (Wildman–Crippen LogP) is 5.53. The van der Waals surface area contributed by atoms with Crippen molar-refractivity contribution >= 4 is 40.6 Å². The van der Waals surface area contributed by atoms with E-state index >= 15 is 0 Å². The number of fused-ring (bicyclic) bond motifs is 1. The first-order chi connectivity index (χ1) is 13.9. The Kier molecular flexibility index (Phi) is 5.03. The highest BCUT2D eigenvalue weighted by atomic mass is 35.5. The standard InChI is InChI=1S/C22H14Cl2FNO3/c23-15-5-3-6-16(24)20(15)21(27)14-11-26(18-7-2-1-4-13(14)18)19-9-8-12(22(28)29)10-17(19)25/h1-11,13,18H,(H,28,29). The number of carboxylic acid groups (broad SMARTS) is 1. The fourth-order valence-electron chi connectivity index (χ4n) is 3.62. The summed E-state index contributed by atoms with van der Waals surface area (Å²) in [6, 6.07) is 8.20. The van der Waals surface area contributed by atoms with Crippen molar-refractivity contribution in [3.8, 4) is 0 Å². The van der Waals surface area contributed by atoms with Crippen molar-refractivity contribution in [2.24, 2.45) is 5.92 Å². The van der Waals surface area contributed by atoms with Crippen molar-refractivity contribution in [2.75, 3.05) is 4.90 Å². The number of allylic oxidation sites excluding steroid dienone is 2. The number of carbonyl (C=O) groups excluding carboxylic acids is 1. The zero-order chi connectivity index (χ0) is 20.7. The first kappa shape index (κ1) is 19.4. The van der Waals surface area contributed by atoms with Crippen LogP contribution in [0.5, 0.6) is 0 Å². The molecule has 2 aliphatic rings. The van der Waals surface area contributed by atoms with Crippen LogP contribution in [0.2, 0.25) is 10.0 Å². The van der Waals surface area contributed by atoms with Crippen LogP contribution in [0.25, 0.3) is 0 Å². The summed E-state index contributed by atoms with van der Waals surface area (Å²) in [5, 5.41) is 9.55. The highest BCUT2D eigenvalue weighted by Crippen LogP contribution is 2.40. The molecule has 1 heterocycles. The van der Waals surface area contributed by atoms with E-state index in [0.717, 1.165) is 6.07 Å². The van der Waals surface area contributed by atoms with Gasteiger partial charge >= 0.3 is 5.97 Å². The lowest BCUT2D eigenvalue weighted by Crippen LogP contribution is -2.31. The van der Waals surface area contributed by atoms with Crippen molar-refractivity contribution in [3.05, 3.63) is 99.5 Å². The molecular formula is C22H14Cl2FNO3. The molecule has 146 valence electrons. The number of carboxylic acids is 1. The van der Waals surface area contributed by atoms with Gasteiger partial charge in [-0.1, -0.05) is 53.6 Å². The first-order valence-corrected chi connectivity index (χ1v) is 9.50. The van der Waals surface area contributed by atoms with E-state index < -0.39 is 11.8 Å². The molecule has 2 atom stereocenters. The molecule has 4 nitrogen and oxygen atoms in total. The number of hydrogen-bond acceptors (Lipinski definition) is 3. The van der Waals surface area contributed by atoms with Gasteiger partial charge in [-0.05, 0) is 30.3 Å². The molecule has 0 bridgehead atoms. The van der Waals surface area contributed by atoms with E-state index in [2.05, 4.69) is 0 Å². The van der Waals surface area contributed by atoms with Crippen molar-refractivity contribution < 1.29 is 19.1 Å². The van der Waals surface area contributed by atoms with Gasteiger partial charge in [0.05, 0.1) is 32.9 Å². The maximum absolute atomic E-state index is 14.7. The number of hydrogen-bond donors (Lipinski definition) is 1. The normalized spacial score (nSPS) is 19.8. The molecule has 0 fully saturated rings. The number of halogens is 3. The van der Waals surface area contributed by atoms with Crippen LogP contribution in [-0.2, 0) is 0 Å². The van der Waals surface area contributed by atoms with E-state index in [1.54, 1.807) is 29.3 Å². The summed E-state index contributed by atoms with van der Waals surface area (Å²) in [5.41, 5.74) is 0.654. The largest absolute Gasteiger partial charge is 0.478 e. The van der Waals surface area contributed by atoms with Crippen LogP contribution in [0.4, 0.5) is 10.1 Å². The van der Waals surface area contributed by atoms with Gasteiger partial charge < -0.3 is 10.0 Å². The Morgan fingerprint density at radius 3 is 2.38 bits per heavy atom. The third kappa shape index (κ3) is 3.37. The SMILES string of the molecule is O=C(O)c1ccc(N2C=C(C(=O)c3c(Cl)cccc3Cl)C3C=CC=CC32)c(F)c1. The van der Waals surface area contributed by atoms with E-state index in [4.69, 9.17) is 28.3 Å². The second-order valence-corrected chi connectivity index (χ2v) is 7.49. The third-order valence-electron chi connectivity index (χ3n) is 4.99. The van der Waals surface area contributed by atoms with E-state index in [1.165, 1.54) is 12.1 Å². The van der Waals surface area contributed by atoms with Gasteiger partial charge in [0, 0.05) is 17.7 Å². The first-order valence-electron chi connectivity index (χ1n) is 8.75. The summed E-state index contributed by atoms with van der Waals surface area (Å²) >= 11 is 12.4. The molecular weight excluding hydrogens is 416 g/mol. The fraction of sp³-hybridized carbons (Fsp3) is 0.0909. The number of carbonyl (C=O) groups is 2.